The molecule has 1 aliphatic heterocycles. The molecule has 0 spiro atoms. The average Bonchev–Trinajstić information content (AvgIpc) is 2.59. The minimum atomic E-state index is -4.25. The van der Waals surface area contributed by atoms with Gasteiger partial charge in [0.1, 0.15) is 0 Å². The summed E-state index contributed by atoms with van der Waals surface area (Å²) in [4.78, 5) is 12.6. The quantitative estimate of drug-likeness (QED) is 0.736. The molecule has 2 unspecified atom stereocenters. The van der Waals surface area contributed by atoms with E-state index in [4.69, 9.17) is 0 Å². The fraction of sp³-hybridized carbons (Fsp3) is 0.889. The topological polar surface area (TPSA) is 52.6 Å². The Morgan fingerprint density at radius 1 is 1.56 bits per heavy atom. The summed E-state index contributed by atoms with van der Waals surface area (Å²) in [5.74, 6) is -0.402. The maximum Gasteiger partial charge on any atom is 0.390 e. The second-order valence-electron chi connectivity index (χ2n) is 3.98. The molecule has 0 aromatic rings. The second-order valence-corrected chi connectivity index (χ2v) is 3.98. The van der Waals surface area contributed by atoms with Crippen LogP contribution < -0.4 is 5.32 Å². The second kappa shape index (κ2) is 5.01. The molecule has 4 nitrogen and oxygen atoms in total. The molecular formula is C9H15F3N2O2. The molecule has 0 saturated carbocycles. The SMILES string of the molecule is CN(CCC(F)(F)F)C(=O)C1CC(O)CN1. The summed E-state index contributed by atoms with van der Waals surface area (Å²) in [6.07, 6.45) is -5.60. The Kier molecular flexibility index (Phi) is 4.15. The van der Waals surface area contributed by atoms with E-state index in [-0.39, 0.29) is 13.0 Å². The molecule has 1 aliphatic rings. The number of halogens is 3. The molecule has 94 valence electrons. The number of amides is 1. The molecule has 1 fully saturated rings. The predicted octanol–water partition coefficient (Wildman–Crippen LogP) is 0.120. The summed E-state index contributed by atoms with van der Waals surface area (Å²) in [5, 5.41) is 11.9. The van der Waals surface area contributed by atoms with E-state index in [9.17, 15) is 23.1 Å². The van der Waals surface area contributed by atoms with Crippen molar-refractivity contribution in [3.63, 3.8) is 0 Å². The first-order valence-electron chi connectivity index (χ1n) is 5.03. The van der Waals surface area contributed by atoms with Crippen molar-refractivity contribution in [2.45, 2.75) is 31.2 Å². The molecule has 0 bridgehead atoms. The van der Waals surface area contributed by atoms with Gasteiger partial charge in [-0.15, -0.1) is 0 Å². The van der Waals surface area contributed by atoms with Crippen molar-refractivity contribution >= 4 is 5.91 Å². The number of nitrogens with one attached hydrogen (secondary N) is 1. The van der Waals surface area contributed by atoms with E-state index in [2.05, 4.69) is 5.32 Å². The number of alkyl halides is 3. The number of carbonyl (C=O) groups is 1. The van der Waals surface area contributed by atoms with Crippen molar-refractivity contribution in [2.24, 2.45) is 0 Å². The van der Waals surface area contributed by atoms with Gasteiger partial charge in [-0.25, -0.2) is 0 Å². The first-order chi connectivity index (χ1) is 7.29. The Bertz CT molecular complexity index is 258. The summed E-state index contributed by atoms with van der Waals surface area (Å²) >= 11 is 0. The van der Waals surface area contributed by atoms with Gasteiger partial charge in [-0.05, 0) is 6.42 Å². The summed E-state index contributed by atoms with van der Waals surface area (Å²) in [6, 6.07) is -0.562. The van der Waals surface area contributed by atoms with Gasteiger partial charge in [0, 0.05) is 20.1 Å². The summed E-state index contributed by atoms with van der Waals surface area (Å²) in [5.41, 5.74) is 0. The maximum absolute atomic E-state index is 11.9. The lowest BCUT2D eigenvalue weighted by atomic mass is 10.2. The lowest BCUT2D eigenvalue weighted by Crippen LogP contribution is -2.42. The first-order valence-corrected chi connectivity index (χ1v) is 5.03. The van der Waals surface area contributed by atoms with Gasteiger partial charge in [-0.3, -0.25) is 4.79 Å². The molecule has 0 radical (unpaired) electrons. The van der Waals surface area contributed by atoms with Crippen LogP contribution >= 0.6 is 0 Å². The van der Waals surface area contributed by atoms with Crippen LogP contribution in [0.3, 0.4) is 0 Å². The number of hydrogen-bond donors (Lipinski definition) is 2. The Morgan fingerprint density at radius 2 is 2.19 bits per heavy atom. The smallest absolute Gasteiger partial charge is 0.390 e. The number of hydrogen-bond acceptors (Lipinski definition) is 3. The minimum Gasteiger partial charge on any atom is -0.392 e. The zero-order chi connectivity index (χ0) is 12.3. The standard InChI is InChI=1S/C9H15F3N2O2/c1-14(3-2-9(10,11)12)8(16)7-4-6(15)5-13-7/h6-7,13,15H,2-5H2,1H3. The Balaban J connectivity index is 2.36. The number of β-amino-alcohol motifs (C(OH)–C–C–N with tert-alkyl or cyclic N) is 1. The van der Waals surface area contributed by atoms with Gasteiger partial charge in [0.05, 0.1) is 18.6 Å². The van der Waals surface area contributed by atoms with Crippen LogP contribution in [0.25, 0.3) is 0 Å². The summed E-state index contributed by atoms with van der Waals surface area (Å²) in [7, 11) is 1.33. The molecule has 0 aromatic heterocycles. The van der Waals surface area contributed by atoms with Gasteiger partial charge >= 0.3 is 6.18 Å². The third-order valence-electron chi connectivity index (χ3n) is 2.51. The molecule has 1 heterocycles. The lowest BCUT2D eigenvalue weighted by molar-refractivity contribution is -0.144. The van der Waals surface area contributed by atoms with Crippen molar-refractivity contribution < 1.29 is 23.1 Å². The van der Waals surface area contributed by atoms with Crippen LogP contribution in [0.15, 0.2) is 0 Å². The van der Waals surface area contributed by atoms with E-state index in [1.807, 2.05) is 0 Å². The minimum absolute atomic E-state index is 0.259. The normalized spacial score (nSPS) is 25.8. The van der Waals surface area contributed by atoms with Crippen LogP contribution in [0.5, 0.6) is 0 Å². The number of aliphatic hydroxyl groups excluding tert-OH is 1. The first kappa shape index (κ1) is 13.2. The molecule has 2 atom stereocenters. The highest BCUT2D eigenvalue weighted by molar-refractivity contribution is 5.82. The van der Waals surface area contributed by atoms with Gasteiger partial charge in [0.15, 0.2) is 0 Å². The molecule has 7 heteroatoms. The third kappa shape index (κ3) is 3.97. The predicted molar refractivity (Wildman–Crippen MR) is 50.7 cm³/mol. The van der Waals surface area contributed by atoms with Crippen molar-refractivity contribution in [3.8, 4) is 0 Å². The van der Waals surface area contributed by atoms with Crippen molar-refractivity contribution in [3.05, 3.63) is 0 Å². The monoisotopic (exact) mass is 240 g/mol. The van der Waals surface area contributed by atoms with Gasteiger partial charge in [-0.2, -0.15) is 13.2 Å². The van der Waals surface area contributed by atoms with Crippen LogP contribution in [-0.4, -0.2) is 54.4 Å². The van der Waals surface area contributed by atoms with E-state index >= 15 is 0 Å². The summed E-state index contributed by atoms with van der Waals surface area (Å²) in [6.45, 7) is -0.0415. The van der Waals surface area contributed by atoms with Crippen LogP contribution in [-0.2, 0) is 4.79 Å². The highest BCUT2D eigenvalue weighted by atomic mass is 19.4. The van der Waals surface area contributed by atoms with Crippen molar-refractivity contribution in [1.29, 1.82) is 0 Å². The van der Waals surface area contributed by atoms with Crippen molar-refractivity contribution in [2.75, 3.05) is 20.1 Å². The van der Waals surface area contributed by atoms with Crippen molar-refractivity contribution in [1.82, 2.24) is 10.2 Å². The summed E-state index contributed by atoms with van der Waals surface area (Å²) < 4.78 is 35.8. The highest BCUT2D eigenvalue weighted by Gasteiger charge is 2.32. The Labute approximate surface area is 91.4 Å². The van der Waals surface area contributed by atoms with E-state index in [1.54, 1.807) is 0 Å². The van der Waals surface area contributed by atoms with Crippen LogP contribution in [0.4, 0.5) is 13.2 Å². The fourth-order valence-corrected chi connectivity index (χ4v) is 1.58. The zero-order valence-electron chi connectivity index (χ0n) is 8.92. The maximum atomic E-state index is 11.9. The highest BCUT2D eigenvalue weighted by Crippen LogP contribution is 2.20. The van der Waals surface area contributed by atoms with Gasteiger partial charge < -0.3 is 15.3 Å². The number of likely N-dealkylation sites (N-methyl/N-ethyl adjacent to an activating group) is 1. The number of rotatable bonds is 3. The van der Waals surface area contributed by atoms with Crippen LogP contribution in [0, 0.1) is 0 Å². The van der Waals surface area contributed by atoms with E-state index in [0.717, 1.165) is 4.90 Å². The molecule has 1 amide bonds. The van der Waals surface area contributed by atoms with Crippen LogP contribution in [0.1, 0.15) is 12.8 Å². The molecule has 1 saturated heterocycles. The van der Waals surface area contributed by atoms with E-state index in [0.29, 0.717) is 6.54 Å². The number of nitrogens with zero attached hydrogens (tertiary/aromatic N) is 1. The number of carbonyl (C=O) groups excluding carboxylic acids is 1. The van der Waals surface area contributed by atoms with E-state index < -0.39 is 30.7 Å². The fourth-order valence-electron chi connectivity index (χ4n) is 1.58. The molecule has 16 heavy (non-hydrogen) atoms. The largest absolute Gasteiger partial charge is 0.392 e. The Morgan fingerprint density at radius 3 is 2.62 bits per heavy atom. The molecular weight excluding hydrogens is 225 g/mol. The number of aliphatic hydroxyl groups is 1. The average molecular weight is 240 g/mol. The Hall–Kier alpha value is -0.820. The van der Waals surface area contributed by atoms with Crippen LogP contribution in [0.2, 0.25) is 0 Å². The molecule has 0 aromatic carbocycles. The third-order valence-corrected chi connectivity index (χ3v) is 2.51. The van der Waals surface area contributed by atoms with Gasteiger partial charge in [-0.1, -0.05) is 0 Å². The van der Waals surface area contributed by atoms with Gasteiger partial charge in [0.25, 0.3) is 0 Å². The lowest BCUT2D eigenvalue weighted by Gasteiger charge is -2.21. The molecule has 1 rings (SSSR count). The molecule has 2 N–H and O–H groups in total. The molecule has 0 aliphatic carbocycles. The van der Waals surface area contributed by atoms with E-state index in [1.165, 1.54) is 7.05 Å². The van der Waals surface area contributed by atoms with Gasteiger partial charge in [0.2, 0.25) is 5.91 Å². The zero-order valence-corrected chi connectivity index (χ0v) is 8.92.